The van der Waals surface area contributed by atoms with Crippen LogP contribution in [-0.4, -0.2) is 9.13 Å². The average Bonchev–Trinajstić information content (AvgIpc) is 3.91. The van der Waals surface area contributed by atoms with Gasteiger partial charge >= 0.3 is 0 Å². The van der Waals surface area contributed by atoms with E-state index in [1.807, 2.05) is 0 Å². The molecule has 0 bridgehead atoms. The molecule has 0 aliphatic heterocycles. The van der Waals surface area contributed by atoms with Crippen LogP contribution in [-0.2, 0) is 5.41 Å². The monoisotopic (exact) mass is 786 g/mol. The summed E-state index contributed by atoms with van der Waals surface area (Å²) in [6, 6.07) is 81.6. The number of rotatable bonds is 6. The van der Waals surface area contributed by atoms with E-state index < -0.39 is 10.0 Å². The van der Waals surface area contributed by atoms with E-state index >= 15 is 0 Å². The van der Waals surface area contributed by atoms with Gasteiger partial charge in [-0.25, -0.2) is 0 Å². The summed E-state index contributed by atoms with van der Waals surface area (Å²) in [5.74, 6) is 0. The third-order valence-corrected chi connectivity index (χ3v) is 16.9. The molecule has 0 saturated heterocycles. The van der Waals surface area contributed by atoms with Crippen LogP contribution in [0.2, 0.25) is 0 Å². The maximum absolute atomic E-state index is 2.51. The number of aromatic nitrogens is 2. The number of para-hydroxylation sites is 3. The zero-order valence-electron chi connectivity index (χ0n) is 33.6. The molecule has 12 rings (SSSR count). The summed E-state index contributed by atoms with van der Waals surface area (Å²) < 4.78 is 4.96. The van der Waals surface area contributed by atoms with Crippen LogP contribution in [0.5, 0.6) is 0 Å². The molecule has 11 aromatic rings. The zero-order chi connectivity index (χ0) is 40.0. The summed E-state index contributed by atoms with van der Waals surface area (Å²) >= 11 is 0. The van der Waals surface area contributed by atoms with Crippen molar-refractivity contribution in [2.75, 3.05) is 0 Å². The maximum Gasteiger partial charge on any atom is 0.0547 e. The Bertz CT molecular complexity index is 3370. The van der Waals surface area contributed by atoms with Gasteiger partial charge < -0.3 is 9.13 Å². The lowest BCUT2D eigenvalue weighted by Crippen LogP contribution is -2.14. The Balaban J connectivity index is 1.15. The highest BCUT2D eigenvalue weighted by Crippen LogP contribution is 2.73. The van der Waals surface area contributed by atoms with Crippen LogP contribution < -0.4 is 0 Å². The fraction of sp³-hybridized carbons (Fsp3) is 0.0526. The fourth-order valence-corrected chi connectivity index (χ4v) is 14.3. The standard InChI is InChI=1S/C57H42N2S/c1-57(2)49-31-13-9-29-47(49)55-50(57)35-36-54-56(55)48-30-12-16-34-53(48)59(54)40-20-18-26-44(38-40)60(41-21-5-3-6-22-41,42-23-7-4-8-24-42)43-25-17-19-39(37-43)58-51-32-14-10-27-45(51)46-28-11-15-33-52(46)58/h3-38H,1-2H3. The van der Waals surface area contributed by atoms with Crippen molar-refractivity contribution in [2.24, 2.45) is 0 Å². The quantitative estimate of drug-likeness (QED) is 0.159. The Morgan fingerprint density at radius 3 is 1.38 bits per heavy atom. The zero-order valence-corrected chi connectivity index (χ0v) is 34.4. The van der Waals surface area contributed by atoms with E-state index in [4.69, 9.17) is 0 Å². The maximum atomic E-state index is 2.51. The number of nitrogens with zero attached hydrogens (tertiary/aromatic N) is 2. The molecule has 60 heavy (non-hydrogen) atoms. The molecule has 2 heterocycles. The van der Waals surface area contributed by atoms with Gasteiger partial charge in [-0.2, -0.15) is 0 Å². The Morgan fingerprint density at radius 2 is 0.800 bits per heavy atom. The van der Waals surface area contributed by atoms with Gasteiger partial charge in [-0.1, -0.05) is 147 Å². The first-order chi connectivity index (χ1) is 29.5. The molecule has 0 N–H and O–H groups in total. The largest absolute Gasteiger partial charge is 0.309 e. The van der Waals surface area contributed by atoms with Crippen molar-refractivity contribution in [2.45, 2.75) is 38.8 Å². The SMILES string of the molecule is CC1(C)c2ccccc2-c2c1ccc1c2c2ccccc2n1-c1cccc(S(c2ccccc2)(c2ccccc2)c2cccc(-n3c4ccccc4c4ccccc43)c2)c1. The van der Waals surface area contributed by atoms with Crippen LogP contribution >= 0.6 is 10.0 Å². The molecule has 1 aliphatic carbocycles. The third kappa shape index (κ3) is 4.84. The van der Waals surface area contributed by atoms with E-state index in [0.717, 1.165) is 11.4 Å². The summed E-state index contributed by atoms with van der Waals surface area (Å²) in [6.07, 6.45) is 0. The van der Waals surface area contributed by atoms with Gasteiger partial charge in [0.05, 0.1) is 22.1 Å². The highest BCUT2D eigenvalue weighted by Gasteiger charge is 2.38. The second-order valence-corrected chi connectivity index (χ2v) is 19.6. The van der Waals surface area contributed by atoms with Crippen molar-refractivity contribution in [3.8, 4) is 22.5 Å². The molecule has 0 amide bonds. The van der Waals surface area contributed by atoms with Crippen molar-refractivity contribution >= 4 is 53.6 Å². The second-order valence-electron chi connectivity index (χ2n) is 16.5. The van der Waals surface area contributed by atoms with Crippen molar-refractivity contribution in [1.29, 1.82) is 0 Å². The fourth-order valence-electron chi connectivity index (χ4n) is 10.4. The van der Waals surface area contributed by atoms with Crippen LogP contribution in [0, 0.1) is 0 Å². The first-order valence-corrected chi connectivity index (χ1v) is 22.5. The molecule has 2 aromatic heterocycles. The molecular formula is C57H42N2S. The highest BCUT2D eigenvalue weighted by molar-refractivity contribution is 8.34. The smallest absolute Gasteiger partial charge is 0.0547 e. The number of hydrogen-bond acceptors (Lipinski definition) is 0. The van der Waals surface area contributed by atoms with E-state index in [2.05, 4.69) is 241 Å². The molecule has 0 saturated carbocycles. The lowest BCUT2D eigenvalue weighted by atomic mass is 9.82. The molecule has 1 aliphatic rings. The lowest BCUT2D eigenvalue weighted by molar-refractivity contribution is 0.661. The van der Waals surface area contributed by atoms with Gasteiger partial charge in [0.2, 0.25) is 0 Å². The summed E-state index contributed by atoms with van der Waals surface area (Å²) in [7, 11) is -2.04. The molecule has 3 heteroatoms. The van der Waals surface area contributed by atoms with Gasteiger partial charge in [0.25, 0.3) is 0 Å². The van der Waals surface area contributed by atoms with Crippen LogP contribution in [0.25, 0.3) is 66.1 Å². The molecule has 0 unspecified atom stereocenters. The van der Waals surface area contributed by atoms with Crippen molar-refractivity contribution in [1.82, 2.24) is 9.13 Å². The van der Waals surface area contributed by atoms with Crippen molar-refractivity contribution in [3.63, 3.8) is 0 Å². The molecule has 0 spiro atoms. The van der Waals surface area contributed by atoms with Crippen LogP contribution in [0.15, 0.2) is 238 Å². The van der Waals surface area contributed by atoms with E-state index in [9.17, 15) is 0 Å². The van der Waals surface area contributed by atoms with E-state index in [-0.39, 0.29) is 5.41 Å². The summed E-state index contributed by atoms with van der Waals surface area (Å²) in [6.45, 7) is 4.75. The summed E-state index contributed by atoms with van der Waals surface area (Å²) in [4.78, 5) is 5.17. The van der Waals surface area contributed by atoms with Crippen molar-refractivity contribution < 1.29 is 0 Å². The van der Waals surface area contributed by atoms with Gasteiger partial charge in [0.15, 0.2) is 0 Å². The Morgan fingerprint density at radius 1 is 0.350 bits per heavy atom. The number of hydrogen-bond donors (Lipinski definition) is 0. The first kappa shape index (κ1) is 34.9. The minimum absolute atomic E-state index is 0.0780. The average molecular weight is 787 g/mol. The topological polar surface area (TPSA) is 9.86 Å². The second kappa shape index (κ2) is 13.2. The van der Waals surface area contributed by atoms with Crippen LogP contribution in [0.3, 0.4) is 0 Å². The summed E-state index contributed by atoms with van der Waals surface area (Å²) in [5, 5.41) is 5.14. The number of benzene rings is 9. The van der Waals surface area contributed by atoms with Gasteiger partial charge in [-0.3, -0.25) is 0 Å². The predicted octanol–water partition coefficient (Wildman–Crippen LogP) is 15.5. The molecule has 0 fully saturated rings. The van der Waals surface area contributed by atoms with Crippen molar-refractivity contribution in [3.05, 3.63) is 230 Å². The number of fused-ring (bicyclic) bond motifs is 10. The Kier molecular flexibility index (Phi) is 7.70. The molecule has 9 aromatic carbocycles. The predicted molar refractivity (Wildman–Crippen MR) is 253 cm³/mol. The minimum Gasteiger partial charge on any atom is -0.309 e. The van der Waals surface area contributed by atoms with Crippen LogP contribution in [0.4, 0.5) is 0 Å². The van der Waals surface area contributed by atoms with E-state index in [1.54, 1.807) is 0 Å². The minimum atomic E-state index is -2.04. The van der Waals surface area contributed by atoms with E-state index in [0.29, 0.717) is 0 Å². The highest BCUT2D eigenvalue weighted by atomic mass is 32.3. The normalized spacial score (nSPS) is 13.6. The molecule has 0 atom stereocenters. The Hall–Kier alpha value is -7.07. The van der Waals surface area contributed by atoms with Gasteiger partial charge in [-0.05, 0) is 107 Å². The lowest BCUT2D eigenvalue weighted by Gasteiger charge is -2.42. The molecular weight excluding hydrogens is 745 g/mol. The van der Waals surface area contributed by atoms with Gasteiger partial charge in [0, 0.05) is 57.9 Å². The van der Waals surface area contributed by atoms with Gasteiger partial charge in [-0.15, -0.1) is 10.0 Å². The molecule has 286 valence electrons. The van der Waals surface area contributed by atoms with E-state index in [1.165, 1.54) is 85.4 Å². The summed E-state index contributed by atoms with van der Waals surface area (Å²) in [5.41, 5.74) is 12.6. The van der Waals surface area contributed by atoms with Gasteiger partial charge in [0.1, 0.15) is 0 Å². The first-order valence-electron chi connectivity index (χ1n) is 20.8. The molecule has 0 radical (unpaired) electrons. The Labute approximate surface area is 351 Å². The van der Waals surface area contributed by atoms with Crippen LogP contribution in [0.1, 0.15) is 25.0 Å². The molecule has 2 nitrogen and oxygen atoms in total. The third-order valence-electron chi connectivity index (χ3n) is 13.0.